The summed E-state index contributed by atoms with van der Waals surface area (Å²) in [5.41, 5.74) is 8.52. The number of hydrogen-bond acceptors (Lipinski definition) is 8. The number of likely N-dealkylation sites (N-methyl/N-ethyl adjacent to an activating group) is 1. The number of fused-ring (bicyclic) bond motifs is 1. The Hall–Kier alpha value is -4.39. The Kier molecular flexibility index (Phi) is 7.77. The van der Waals surface area contributed by atoms with Gasteiger partial charge in [0.25, 0.3) is 5.91 Å². The van der Waals surface area contributed by atoms with E-state index < -0.39 is 0 Å². The van der Waals surface area contributed by atoms with Crippen molar-refractivity contribution >= 4 is 40.2 Å². The van der Waals surface area contributed by atoms with E-state index in [-0.39, 0.29) is 11.9 Å². The minimum Gasteiger partial charge on any atom is -0.456 e. The Bertz CT molecular complexity index is 1560. The van der Waals surface area contributed by atoms with E-state index in [9.17, 15) is 10.1 Å². The minimum atomic E-state index is -0.192. The average molecular weight is 542 g/mol. The molecule has 0 atom stereocenters. The molecule has 3 aromatic carbocycles. The zero-order valence-corrected chi connectivity index (χ0v) is 22.3. The summed E-state index contributed by atoms with van der Waals surface area (Å²) in [7, 11) is 2.10. The quantitative estimate of drug-likeness (QED) is 0.356. The Balaban J connectivity index is 1.23. The zero-order valence-electron chi connectivity index (χ0n) is 21.5. The number of piperazine rings is 1. The highest BCUT2D eigenvalue weighted by molar-refractivity contribution is 6.30. The molecule has 1 aliphatic heterocycles. The number of amides is 1. The van der Waals surface area contributed by atoms with Crippen molar-refractivity contribution in [1.29, 1.82) is 5.26 Å². The summed E-state index contributed by atoms with van der Waals surface area (Å²) >= 11 is 5.97. The SMILES string of the molecule is CN1CCN(c2nc(N)nc3cc(C(=O)NCCc4cccc(Oc5ccc(Cl)cc5C#N)c4)ccc23)CC1. The Labute approximate surface area is 231 Å². The third-order valence-electron chi connectivity index (χ3n) is 6.65. The van der Waals surface area contributed by atoms with Gasteiger partial charge in [0.2, 0.25) is 5.95 Å². The van der Waals surface area contributed by atoms with Gasteiger partial charge >= 0.3 is 0 Å². The molecule has 1 aromatic heterocycles. The van der Waals surface area contributed by atoms with Crippen LogP contribution in [0, 0.1) is 11.3 Å². The highest BCUT2D eigenvalue weighted by Gasteiger charge is 2.19. The van der Waals surface area contributed by atoms with E-state index in [1.807, 2.05) is 30.3 Å². The first-order chi connectivity index (χ1) is 18.9. The fraction of sp³-hybridized carbons (Fsp3) is 0.241. The van der Waals surface area contributed by atoms with Crippen molar-refractivity contribution in [1.82, 2.24) is 20.2 Å². The van der Waals surface area contributed by atoms with Gasteiger partial charge in [0, 0.05) is 48.7 Å². The molecule has 198 valence electrons. The van der Waals surface area contributed by atoms with Crippen LogP contribution in [0.15, 0.2) is 60.7 Å². The third kappa shape index (κ3) is 6.20. The van der Waals surface area contributed by atoms with Gasteiger partial charge in [-0.1, -0.05) is 23.7 Å². The maximum Gasteiger partial charge on any atom is 0.251 e. The van der Waals surface area contributed by atoms with Crippen LogP contribution in [-0.2, 0) is 6.42 Å². The largest absolute Gasteiger partial charge is 0.456 e. The number of anilines is 2. The van der Waals surface area contributed by atoms with Crippen molar-refractivity contribution in [2.24, 2.45) is 0 Å². The fourth-order valence-electron chi connectivity index (χ4n) is 4.52. The molecule has 3 N–H and O–H groups in total. The van der Waals surface area contributed by atoms with Crippen molar-refractivity contribution in [2.75, 3.05) is 50.4 Å². The number of nitrogen functional groups attached to an aromatic ring is 1. The van der Waals surface area contributed by atoms with E-state index in [2.05, 4.69) is 38.2 Å². The standard InChI is InChI=1S/C29H28ClN7O2/c1-36-11-13-37(14-12-36)27-24-7-5-20(17-25(24)34-29(32)35-27)28(38)33-10-9-19-3-2-4-23(15-19)39-26-8-6-22(30)16-21(26)18-31/h2-8,15-17H,9-14H2,1H3,(H,33,38)(H2,32,34,35). The normalized spacial score (nSPS) is 13.7. The smallest absolute Gasteiger partial charge is 0.251 e. The van der Waals surface area contributed by atoms with Crippen LogP contribution in [0.1, 0.15) is 21.5 Å². The molecule has 39 heavy (non-hydrogen) atoms. The van der Waals surface area contributed by atoms with E-state index >= 15 is 0 Å². The molecule has 1 amide bonds. The Morgan fingerprint density at radius 2 is 1.92 bits per heavy atom. The number of benzene rings is 3. The molecular weight excluding hydrogens is 514 g/mol. The van der Waals surface area contributed by atoms with Gasteiger partial charge in [-0.3, -0.25) is 4.79 Å². The van der Waals surface area contributed by atoms with Crippen LogP contribution < -0.4 is 20.7 Å². The van der Waals surface area contributed by atoms with Crippen molar-refractivity contribution < 1.29 is 9.53 Å². The van der Waals surface area contributed by atoms with Crippen LogP contribution in [0.2, 0.25) is 5.02 Å². The first-order valence-corrected chi connectivity index (χ1v) is 13.0. The number of hydrogen-bond donors (Lipinski definition) is 2. The number of halogens is 1. The number of carbonyl (C=O) groups is 1. The maximum atomic E-state index is 12.9. The first-order valence-electron chi connectivity index (χ1n) is 12.6. The molecule has 1 fully saturated rings. The van der Waals surface area contributed by atoms with E-state index in [1.54, 1.807) is 30.3 Å². The van der Waals surface area contributed by atoms with Gasteiger partial charge < -0.3 is 25.6 Å². The van der Waals surface area contributed by atoms with Crippen molar-refractivity contribution in [3.8, 4) is 17.6 Å². The third-order valence-corrected chi connectivity index (χ3v) is 6.88. The lowest BCUT2D eigenvalue weighted by Gasteiger charge is -2.33. The first kappa shape index (κ1) is 26.2. The molecule has 4 aromatic rings. The number of nitrogens with one attached hydrogen (secondary N) is 1. The van der Waals surface area contributed by atoms with Crippen LogP contribution in [0.3, 0.4) is 0 Å². The second-order valence-corrected chi connectivity index (χ2v) is 9.87. The van der Waals surface area contributed by atoms with E-state index in [0.29, 0.717) is 46.1 Å². The molecule has 2 heterocycles. The Morgan fingerprint density at radius 1 is 1.10 bits per heavy atom. The molecule has 10 heteroatoms. The zero-order chi connectivity index (χ0) is 27.4. The van der Waals surface area contributed by atoms with Crippen molar-refractivity contribution in [3.05, 3.63) is 82.4 Å². The fourth-order valence-corrected chi connectivity index (χ4v) is 4.70. The molecule has 1 aliphatic rings. The molecular formula is C29H28ClN7O2. The predicted molar refractivity (Wildman–Crippen MR) is 152 cm³/mol. The molecule has 9 nitrogen and oxygen atoms in total. The van der Waals surface area contributed by atoms with Crippen LogP contribution in [0.5, 0.6) is 11.5 Å². The lowest BCUT2D eigenvalue weighted by Crippen LogP contribution is -2.45. The summed E-state index contributed by atoms with van der Waals surface area (Å²) in [5, 5.41) is 13.7. The summed E-state index contributed by atoms with van der Waals surface area (Å²) in [6.45, 7) is 4.04. The second-order valence-electron chi connectivity index (χ2n) is 9.44. The molecule has 0 bridgehead atoms. The van der Waals surface area contributed by atoms with Gasteiger partial charge in [-0.05, 0) is 67.6 Å². The van der Waals surface area contributed by atoms with Gasteiger partial charge in [0.1, 0.15) is 23.4 Å². The van der Waals surface area contributed by atoms with Crippen LogP contribution in [-0.4, -0.2) is 60.5 Å². The molecule has 5 rings (SSSR count). The highest BCUT2D eigenvalue weighted by atomic mass is 35.5. The van der Waals surface area contributed by atoms with Gasteiger partial charge in [-0.25, -0.2) is 4.98 Å². The summed E-state index contributed by atoms with van der Waals surface area (Å²) in [6, 6.07) is 20.0. The summed E-state index contributed by atoms with van der Waals surface area (Å²) in [5.74, 6) is 1.84. The van der Waals surface area contributed by atoms with Gasteiger partial charge in [-0.15, -0.1) is 0 Å². The van der Waals surface area contributed by atoms with Crippen LogP contribution in [0.4, 0.5) is 11.8 Å². The highest BCUT2D eigenvalue weighted by Crippen LogP contribution is 2.29. The van der Waals surface area contributed by atoms with Crippen LogP contribution >= 0.6 is 11.6 Å². The Morgan fingerprint density at radius 3 is 2.72 bits per heavy atom. The number of aromatic nitrogens is 2. The number of rotatable bonds is 7. The van der Waals surface area contributed by atoms with Crippen LogP contribution in [0.25, 0.3) is 10.9 Å². The molecule has 0 aliphatic carbocycles. The molecule has 0 spiro atoms. The summed E-state index contributed by atoms with van der Waals surface area (Å²) < 4.78 is 5.91. The summed E-state index contributed by atoms with van der Waals surface area (Å²) in [4.78, 5) is 26.3. The van der Waals surface area contributed by atoms with Gasteiger partial charge in [0.05, 0.1) is 11.1 Å². The predicted octanol–water partition coefficient (Wildman–Crippen LogP) is 4.25. The minimum absolute atomic E-state index is 0.191. The molecule has 0 unspecified atom stereocenters. The summed E-state index contributed by atoms with van der Waals surface area (Å²) in [6.07, 6.45) is 0.602. The van der Waals surface area contributed by atoms with Gasteiger partial charge in [0.15, 0.2) is 0 Å². The maximum absolute atomic E-state index is 12.9. The molecule has 0 radical (unpaired) electrons. The van der Waals surface area contributed by atoms with Crippen molar-refractivity contribution in [3.63, 3.8) is 0 Å². The van der Waals surface area contributed by atoms with Crippen molar-refractivity contribution in [2.45, 2.75) is 6.42 Å². The number of ether oxygens (including phenoxy) is 1. The topological polar surface area (TPSA) is 120 Å². The lowest BCUT2D eigenvalue weighted by atomic mass is 10.1. The number of nitrogens with zero attached hydrogens (tertiary/aromatic N) is 5. The number of nitriles is 1. The number of nitrogens with two attached hydrogens (primary N) is 1. The average Bonchev–Trinajstić information content (AvgIpc) is 2.94. The van der Waals surface area contributed by atoms with E-state index in [4.69, 9.17) is 22.1 Å². The van der Waals surface area contributed by atoms with Gasteiger partial charge in [-0.2, -0.15) is 10.2 Å². The second kappa shape index (κ2) is 11.6. The molecule has 1 saturated heterocycles. The molecule has 0 saturated carbocycles. The monoisotopic (exact) mass is 541 g/mol. The lowest BCUT2D eigenvalue weighted by molar-refractivity contribution is 0.0954. The van der Waals surface area contributed by atoms with E-state index in [1.165, 1.54) is 0 Å². The number of carbonyl (C=O) groups excluding carboxylic acids is 1. The van der Waals surface area contributed by atoms with E-state index in [0.717, 1.165) is 42.9 Å².